The van der Waals surface area contributed by atoms with Crippen LogP contribution in [0.5, 0.6) is 0 Å². The zero-order chi connectivity index (χ0) is 16.4. The van der Waals surface area contributed by atoms with E-state index in [-0.39, 0.29) is 0 Å². The number of oxazole rings is 1. The molecule has 0 bridgehead atoms. The summed E-state index contributed by atoms with van der Waals surface area (Å²) >= 11 is 3.40. The molecule has 23 heavy (non-hydrogen) atoms. The Hall–Kier alpha value is -2.08. The van der Waals surface area contributed by atoms with Gasteiger partial charge in [-0.25, -0.2) is 4.98 Å². The molecule has 2 aromatic carbocycles. The quantitative estimate of drug-likeness (QED) is 0.580. The Balaban J connectivity index is 1.91. The first-order valence-electron chi connectivity index (χ1n) is 6.78. The van der Waals surface area contributed by atoms with Crippen molar-refractivity contribution in [2.75, 3.05) is 0 Å². The van der Waals surface area contributed by atoms with Gasteiger partial charge in [-0.05, 0) is 41.8 Å². The first kappa shape index (κ1) is 15.8. The molecule has 0 atom stereocenters. The van der Waals surface area contributed by atoms with E-state index in [0.717, 1.165) is 33.3 Å². The fourth-order valence-corrected chi connectivity index (χ4v) is 2.65. The minimum absolute atomic E-state index is 0.480. The smallest absolute Gasteiger partial charge is 0.416 e. The summed E-state index contributed by atoms with van der Waals surface area (Å²) in [5, 5.41) is 0. The molecule has 118 valence electrons. The van der Waals surface area contributed by atoms with Crippen molar-refractivity contribution in [2.45, 2.75) is 12.6 Å². The van der Waals surface area contributed by atoms with Gasteiger partial charge in [0.1, 0.15) is 6.26 Å². The van der Waals surface area contributed by atoms with Gasteiger partial charge in [0.15, 0.2) is 0 Å². The van der Waals surface area contributed by atoms with Gasteiger partial charge in [0, 0.05) is 10.0 Å². The fourth-order valence-electron chi connectivity index (χ4n) is 2.29. The fraction of sp³-hybridized carbons (Fsp3) is 0.118. The molecule has 0 aliphatic heterocycles. The highest BCUT2D eigenvalue weighted by molar-refractivity contribution is 9.10. The normalized spacial score (nSPS) is 11.7. The maximum atomic E-state index is 12.6. The third-order valence-corrected chi connectivity index (χ3v) is 3.90. The number of halogens is 4. The van der Waals surface area contributed by atoms with E-state index in [1.807, 2.05) is 18.2 Å². The molecule has 0 amide bonds. The van der Waals surface area contributed by atoms with Gasteiger partial charge in [0.05, 0.1) is 11.8 Å². The minimum Gasteiger partial charge on any atom is -0.445 e. The standard InChI is InChI=1S/C17H11BrF3NO/c18-14-6-3-12(15(10-14)16-22-7-8-23-16)9-11-1-4-13(5-2-11)17(19,20)21/h1-8,10H,9H2. The van der Waals surface area contributed by atoms with Crippen LogP contribution in [0.1, 0.15) is 16.7 Å². The molecule has 2 nitrogen and oxygen atoms in total. The van der Waals surface area contributed by atoms with Crippen molar-refractivity contribution in [3.05, 3.63) is 76.1 Å². The molecule has 1 aromatic heterocycles. The molecule has 0 aliphatic rings. The number of hydrogen-bond acceptors (Lipinski definition) is 2. The molecule has 0 radical (unpaired) electrons. The highest BCUT2D eigenvalue weighted by Crippen LogP contribution is 2.31. The van der Waals surface area contributed by atoms with E-state index in [9.17, 15) is 13.2 Å². The van der Waals surface area contributed by atoms with Crippen molar-refractivity contribution in [1.29, 1.82) is 0 Å². The lowest BCUT2D eigenvalue weighted by atomic mass is 9.99. The maximum Gasteiger partial charge on any atom is 0.416 e. The molecule has 0 saturated heterocycles. The number of rotatable bonds is 3. The third kappa shape index (κ3) is 3.64. The van der Waals surface area contributed by atoms with Gasteiger partial charge in [0.2, 0.25) is 5.89 Å². The van der Waals surface area contributed by atoms with Gasteiger partial charge in [-0.2, -0.15) is 13.2 Å². The summed E-state index contributed by atoms with van der Waals surface area (Å²) in [6.45, 7) is 0. The van der Waals surface area contributed by atoms with Crippen LogP contribution < -0.4 is 0 Å². The van der Waals surface area contributed by atoms with Crippen LogP contribution in [0.25, 0.3) is 11.5 Å². The summed E-state index contributed by atoms with van der Waals surface area (Å²) < 4.78 is 44.1. The van der Waals surface area contributed by atoms with Crippen LogP contribution in [0, 0.1) is 0 Å². The number of nitrogens with zero attached hydrogens (tertiary/aromatic N) is 1. The minimum atomic E-state index is -4.32. The van der Waals surface area contributed by atoms with Gasteiger partial charge >= 0.3 is 6.18 Å². The second kappa shape index (κ2) is 6.20. The average molecular weight is 382 g/mol. The molecule has 6 heteroatoms. The van der Waals surface area contributed by atoms with Crippen molar-refractivity contribution in [3.8, 4) is 11.5 Å². The molecule has 0 fully saturated rings. The second-order valence-electron chi connectivity index (χ2n) is 5.01. The van der Waals surface area contributed by atoms with Crippen LogP contribution in [0.3, 0.4) is 0 Å². The summed E-state index contributed by atoms with van der Waals surface area (Å²) in [6, 6.07) is 10.8. The monoisotopic (exact) mass is 381 g/mol. The molecule has 0 saturated carbocycles. The van der Waals surface area contributed by atoms with Crippen molar-refractivity contribution in [3.63, 3.8) is 0 Å². The lowest BCUT2D eigenvalue weighted by molar-refractivity contribution is -0.137. The highest BCUT2D eigenvalue weighted by atomic mass is 79.9. The van der Waals surface area contributed by atoms with E-state index in [4.69, 9.17) is 4.42 Å². The molecule has 1 heterocycles. The molecule has 0 N–H and O–H groups in total. The molecular weight excluding hydrogens is 371 g/mol. The van der Waals surface area contributed by atoms with E-state index < -0.39 is 11.7 Å². The summed E-state index contributed by atoms with van der Waals surface area (Å²) in [5.74, 6) is 0.480. The van der Waals surface area contributed by atoms with E-state index in [1.165, 1.54) is 18.4 Å². The lowest BCUT2D eigenvalue weighted by Crippen LogP contribution is -2.04. The molecule has 0 spiro atoms. The van der Waals surface area contributed by atoms with Gasteiger partial charge in [-0.15, -0.1) is 0 Å². The van der Waals surface area contributed by atoms with Crippen molar-refractivity contribution in [2.24, 2.45) is 0 Å². The average Bonchev–Trinajstić information content (AvgIpc) is 3.03. The summed E-state index contributed by atoms with van der Waals surface area (Å²) in [5.41, 5.74) is 1.87. The third-order valence-electron chi connectivity index (χ3n) is 3.41. The van der Waals surface area contributed by atoms with E-state index in [2.05, 4.69) is 20.9 Å². The summed E-state index contributed by atoms with van der Waals surface area (Å²) in [6.07, 6.45) is -0.793. The Kier molecular flexibility index (Phi) is 4.26. The van der Waals surface area contributed by atoms with Gasteiger partial charge in [-0.1, -0.05) is 34.1 Å². The van der Waals surface area contributed by atoms with Crippen LogP contribution >= 0.6 is 15.9 Å². The Morgan fingerprint density at radius 1 is 1.04 bits per heavy atom. The zero-order valence-electron chi connectivity index (χ0n) is 11.8. The zero-order valence-corrected chi connectivity index (χ0v) is 13.4. The largest absolute Gasteiger partial charge is 0.445 e. The molecule has 0 aliphatic carbocycles. The summed E-state index contributed by atoms with van der Waals surface area (Å²) in [7, 11) is 0. The Morgan fingerprint density at radius 3 is 2.39 bits per heavy atom. The highest BCUT2D eigenvalue weighted by Gasteiger charge is 2.29. The van der Waals surface area contributed by atoms with E-state index >= 15 is 0 Å². The van der Waals surface area contributed by atoms with E-state index in [1.54, 1.807) is 6.20 Å². The number of aromatic nitrogens is 1. The second-order valence-corrected chi connectivity index (χ2v) is 5.93. The van der Waals surface area contributed by atoms with E-state index in [0.29, 0.717) is 12.3 Å². The van der Waals surface area contributed by atoms with Crippen LogP contribution in [0.2, 0.25) is 0 Å². The maximum absolute atomic E-state index is 12.6. The number of alkyl halides is 3. The first-order valence-corrected chi connectivity index (χ1v) is 7.57. The molecular formula is C17H11BrF3NO. The van der Waals surface area contributed by atoms with Crippen molar-refractivity contribution in [1.82, 2.24) is 4.98 Å². The Labute approximate surface area is 139 Å². The number of benzene rings is 2. The predicted octanol–water partition coefficient (Wildman–Crippen LogP) is 5.71. The van der Waals surface area contributed by atoms with Crippen molar-refractivity contribution >= 4 is 15.9 Å². The lowest BCUT2D eigenvalue weighted by Gasteiger charge is -2.10. The van der Waals surface area contributed by atoms with Crippen LogP contribution in [0.4, 0.5) is 13.2 Å². The number of hydrogen-bond donors (Lipinski definition) is 0. The van der Waals surface area contributed by atoms with Gasteiger partial charge < -0.3 is 4.42 Å². The molecule has 3 rings (SSSR count). The summed E-state index contributed by atoms with van der Waals surface area (Å²) in [4.78, 5) is 4.14. The SMILES string of the molecule is FC(F)(F)c1ccc(Cc2ccc(Br)cc2-c2ncco2)cc1. The Bertz CT molecular complexity index is 796. The molecule has 3 aromatic rings. The van der Waals surface area contributed by atoms with Crippen molar-refractivity contribution < 1.29 is 17.6 Å². The predicted molar refractivity (Wildman–Crippen MR) is 83.9 cm³/mol. The van der Waals surface area contributed by atoms with Crippen LogP contribution in [-0.4, -0.2) is 4.98 Å². The molecule has 0 unspecified atom stereocenters. The van der Waals surface area contributed by atoms with Crippen LogP contribution in [-0.2, 0) is 12.6 Å². The topological polar surface area (TPSA) is 26.0 Å². The van der Waals surface area contributed by atoms with Gasteiger partial charge in [-0.3, -0.25) is 0 Å². The van der Waals surface area contributed by atoms with Gasteiger partial charge in [0.25, 0.3) is 0 Å². The van der Waals surface area contributed by atoms with Crippen LogP contribution in [0.15, 0.2) is 63.8 Å². The Morgan fingerprint density at radius 2 is 1.78 bits per heavy atom. The first-order chi connectivity index (χ1) is 10.9.